The number of anilines is 2. The predicted molar refractivity (Wildman–Crippen MR) is 81.7 cm³/mol. The Balaban J connectivity index is 2.22. The second kappa shape index (κ2) is 4.62. The van der Waals surface area contributed by atoms with E-state index < -0.39 is 0 Å². The zero-order chi connectivity index (χ0) is 15.1. The van der Waals surface area contributed by atoms with Gasteiger partial charge in [-0.15, -0.1) is 0 Å². The number of rotatable bonds is 2. The van der Waals surface area contributed by atoms with Crippen molar-refractivity contribution in [2.45, 2.75) is 19.8 Å². The molecule has 21 heavy (non-hydrogen) atoms. The van der Waals surface area contributed by atoms with Gasteiger partial charge in [0.25, 0.3) is 0 Å². The average molecular weight is 284 g/mol. The molecule has 108 valence electrons. The summed E-state index contributed by atoms with van der Waals surface area (Å²) >= 11 is 0. The summed E-state index contributed by atoms with van der Waals surface area (Å²) in [5.74, 6) is 1.19. The number of hydrogen-bond donors (Lipinski definition) is 4. The molecule has 0 aliphatic carbocycles. The number of phenols is 1. The summed E-state index contributed by atoms with van der Waals surface area (Å²) in [7, 11) is 0. The molecule has 2 heterocycles. The van der Waals surface area contributed by atoms with Crippen LogP contribution in [-0.4, -0.2) is 25.3 Å². The highest BCUT2D eigenvalue weighted by molar-refractivity contribution is 5.98. The molecule has 0 bridgehead atoms. The fraction of sp³-hybridized carbons (Fsp3) is 0.214. The Bertz CT molecular complexity index is 824. The SMILES string of the molecule is CC(C)c1nc(N)c2c(-c3ccc(N)c(O)c3)[nH]nc2n1. The van der Waals surface area contributed by atoms with Gasteiger partial charge in [-0.2, -0.15) is 5.10 Å². The van der Waals surface area contributed by atoms with Crippen LogP contribution in [0.15, 0.2) is 18.2 Å². The lowest BCUT2D eigenvalue weighted by Gasteiger charge is -2.06. The number of fused-ring (bicyclic) bond motifs is 1. The molecule has 3 aromatic rings. The van der Waals surface area contributed by atoms with Crippen molar-refractivity contribution in [2.24, 2.45) is 0 Å². The van der Waals surface area contributed by atoms with E-state index in [1.165, 1.54) is 0 Å². The lowest BCUT2D eigenvalue weighted by molar-refractivity contribution is 0.478. The van der Waals surface area contributed by atoms with E-state index in [0.717, 1.165) is 5.56 Å². The molecule has 0 radical (unpaired) electrons. The number of aromatic nitrogens is 4. The zero-order valence-corrected chi connectivity index (χ0v) is 11.8. The third-order valence-corrected chi connectivity index (χ3v) is 3.29. The average Bonchev–Trinajstić information content (AvgIpc) is 2.86. The molecule has 6 N–H and O–H groups in total. The van der Waals surface area contributed by atoms with E-state index in [1.807, 2.05) is 13.8 Å². The largest absolute Gasteiger partial charge is 0.506 e. The lowest BCUT2D eigenvalue weighted by Crippen LogP contribution is -2.02. The van der Waals surface area contributed by atoms with Gasteiger partial charge in [0.15, 0.2) is 5.65 Å². The minimum atomic E-state index is 0.00791. The van der Waals surface area contributed by atoms with Gasteiger partial charge in [0.2, 0.25) is 0 Å². The van der Waals surface area contributed by atoms with Crippen LogP contribution in [0.25, 0.3) is 22.3 Å². The van der Waals surface area contributed by atoms with Crippen LogP contribution in [0, 0.1) is 0 Å². The molecule has 2 aromatic heterocycles. The van der Waals surface area contributed by atoms with Crippen LogP contribution < -0.4 is 11.5 Å². The lowest BCUT2D eigenvalue weighted by atomic mass is 10.1. The Labute approximate surface area is 121 Å². The van der Waals surface area contributed by atoms with Gasteiger partial charge in [0.1, 0.15) is 17.4 Å². The number of H-pyrrole nitrogens is 1. The van der Waals surface area contributed by atoms with Gasteiger partial charge in [-0.05, 0) is 12.1 Å². The highest BCUT2D eigenvalue weighted by Gasteiger charge is 2.16. The smallest absolute Gasteiger partial charge is 0.187 e. The van der Waals surface area contributed by atoms with Crippen molar-refractivity contribution in [1.29, 1.82) is 0 Å². The van der Waals surface area contributed by atoms with Gasteiger partial charge < -0.3 is 16.6 Å². The summed E-state index contributed by atoms with van der Waals surface area (Å²) in [6, 6.07) is 4.95. The van der Waals surface area contributed by atoms with Crippen LogP contribution >= 0.6 is 0 Å². The number of benzene rings is 1. The summed E-state index contributed by atoms with van der Waals surface area (Å²) in [6.45, 7) is 3.98. The molecule has 0 fully saturated rings. The maximum atomic E-state index is 9.74. The summed E-state index contributed by atoms with van der Waals surface area (Å²) in [5.41, 5.74) is 13.9. The number of nitrogens with one attached hydrogen (secondary N) is 1. The molecule has 0 atom stereocenters. The van der Waals surface area contributed by atoms with E-state index >= 15 is 0 Å². The van der Waals surface area contributed by atoms with E-state index in [2.05, 4.69) is 20.2 Å². The van der Waals surface area contributed by atoms with E-state index in [9.17, 15) is 5.11 Å². The van der Waals surface area contributed by atoms with Crippen molar-refractivity contribution in [3.05, 3.63) is 24.0 Å². The van der Waals surface area contributed by atoms with Gasteiger partial charge >= 0.3 is 0 Å². The molecule has 0 saturated heterocycles. The van der Waals surface area contributed by atoms with Crippen LogP contribution in [0.3, 0.4) is 0 Å². The van der Waals surface area contributed by atoms with E-state index in [-0.39, 0.29) is 11.7 Å². The first-order chi connectivity index (χ1) is 9.97. The highest BCUT2D eigenvalue weighted by atomic mass is 16.3. The van der Waals surface area contributed by atoms with Gasteiger partial charge in [0.05, 0.1) is 16.8 Å². The third-order valence-electron chi connectivity index (χ3n) is 3.29. The summed E-state index contributed by atoms with van der Waals surface area (Å²) in [6.07, 6.45) is 0. The number of aromatic amines is 1. The molecule has 7 nitrogen and oxygen atoms in total. The molecule has 3 rings (SSSR count). The van der Waals surface area contributed by atoms with Crippen molar-refractivity contribution in [3.8, 4) is 17.0 Å². The van der Waals surface area contributed by atoms with Crippen molar-refractivity contribution in [1.82, 2.24) is 20.2 Å². The standard InChI is InChI=1S/C14H16N6O/c1-6(2)13-17-12(16)10-11(19-20-14(10)18-13)7-3-4-8(15)9(21)5-7/h3-6,21H,15H2,1-2H3,(H3,16,17,18,19,20). The molecule has 0 aliphatic rings. The van der Waals surface area contributed by atoms with Crippen LogP contribution in [0.2, 0.25) is 0 Å². The number of nitrogens with zero attached hydrogens (tertiary/aromatic N) is 3. The second-order valence-electron chi connectivity index (χ2n) is 5.19. The monoisotopic (exact) mass is 284 g/mol. The molecule has 0 spiro atoms. The second-order valence-corrected chi connectivity index (χ2v) is 5.19. The maximum Gasteiger partial charge on any atom is 0.187 e. The van der Waals surface area contributed by atoms with Crippen molar-refractivity contribution in [2.75, 3.05) is 11.5 Å². The first-order valence-corrected chi connectivity index (χ1v) is 6.57. The Morgan fingerprint density at radius 2 is 1.95 bits per heavy atom. The molecule has 0 amide bonds. The summed E-state index contributed by atoms with van der Waals surface area (Å²) in [4.78, 5) is 8.72. The fourth-order valence-corrected chi connectivity index (χ4v) is 2.14. The van der Waals surface area contributed by atoms with Crippen LogP contribution in [0.1, 0.15) is 25.6 Å². The Hall–Kier alpha value is -2.83. The molecule has 0 aliphatic heterocycles. The van der Waals surface area contributed by atoms with E-state index in [1.54, 1.807) is 18.2 Å². The first kappa shape index (κ1) is 13.2. The van der Waals surface area contributed by atoms with Crippen LogP contribution in [-0.2, 0) is 0 Å². The van der Waals surface area contributed by atoms with Gasteiger partial charge in [0, 0.05) is 11.5 Å². The van der Waals surface area contributed by atoms with Crippen LogP contribution in [0.5, 0.6) is 5.75 Å². The van der Waals surface area contributed by atoms with Crippen molar-refractivity contribution >= 4 is 22.5 Å². The number of nitrogens with two attached hydrogens (primary N) is 2. The normalized spacial score (nSPS) is 11.4. The molecule has 7 heteroatoms. The Morgan fingerprint density at radius 1 is 1.19 bits per heavy atom. The van der Waals surface area contributed by atoms with Gasteiger partial charge in [-0.25, -0.2) is 9.97 Å². The number of aromatic hydroxyl groups is 1. The maximum absolute atomic E-state index is 9.74. The molecular weight excluding hydrogens is 268 g/mol. The van der Waals surface area contributed by atoms with Gasteiger partial charge in [-0.1, -0.05) is 19.9 Å². The van der Waals surface area contributed by atoms with Gasteiger partial charge in [-0.3, -0.25) is 5.10 Å². The molecule has 0 saturated carbocycles. The van der Waals surface area contributed by atoms with E-state index in [0.29, 0.717) is 34.1 Å². The number of nitrogen functional groups attached to an aromatic ring is 2. The summed E-state index contributed by atoms with van der Waals surface area (Å²) in [5, 5.41) is 17.5. The molecule has 0 unspecified atom stereocenters. The first-order valence-electron chi connectivity index (χ1n) is 6.57. The predicted octanol–water partition coefficient (Wildman–Crippen LogP) is 2.01. The third kappa shape index (κ3) is 2.12. The Morgan fingerprint density at radius 3 is 2.62 bits per heavy atom. The number of hydrogen-bond acceptors (Lipinski definition) is 6. The Kier molecular flexibility index (Phi) is 2.90. The highest BCUT2D eigenvalue weighted by Crippen LogP contribution is 2.33. The minimum absolute atomic E-state index is 0.00791. The zero-order valence-electron chi connectivity index (χ0n) is 11.8. The van der Waals surface area contributed by atoms with Crippen molar-refractivity contribution < 1.29 is 5.11 Å². The van der Waals surface area contributed by atoms with E-state index in [4.69, 9.17) is 11.5 Å². The quantitative estimate of drug-likeness (QED) is 0.421. The summed E-state index contributed by atoms with van der Waals surface area (Å²) < 4.78 is 0. The topological polar surface area (TPSA) is 127 Å². The molecule has 1 aromatic carbocycles. The number of phenolic OH excluding ortho intramolecular Hbond substituents is 1. The van der Waals surface area contributed by atoms with Crippen LogP contribution in [0.4, 0.5) is 11.5 Å². The van der Waals surface area contributed by atoms with Crippen molar-refractivity contribution in [3.63, 3.8) is 0 Å². The molecular formula is C14H16N6O. The minimum Gasteiger partial charge on any atom is -0.506 e. The fourth-order valence-electron chi connectivity index (χ4n) is 2.14.